The summed E-state index contributed by atoms with van der Waals surface area (Å²) in [6.45, 7) is 1.45. The van der Waals surface area contributed by atoms with E-state index in [9.17, 15) is 13.9 Å². The fraction of sp³-hybridized carbons (Fsp3) is 0.250. The van der Waals surface area contributed by atoms with Crippen LogP contribution in [0.25, 0.3) is 0 Å². The van der Waals surface area contributed by atoms with Gasteiger partial charge < -0.3 is 9.84 Å². The fourth-order valence-electron chi connectivity index (χ4n) is 1.78. The average molecular weight is 357 g/mol. The quantitative estimate of drug-likeness (QED) is 0.801. The Morgan fingerprint density at radius 2 is 1.62 bits per heavy atom. The third-order valence-corrected chi connectivity index (χ3v) is 3.99. The van der Waals surface area contributed by atoms with Crippen LogP contribution in [0, 0.1) is 0 Å². The third-order valence-electron chi connectivity index (χ3n) is 3.22. The number of halogens is 3. The molecule has 1 atom stereocenters. The molecule has 2 nitrogen and oxygen atoms in total. The molecule has 0 aromatic heterocycles. The first kappa shape index (κ1) is 15.9. The maximum absolute atomic E-state index is 13.3. The topological polar surface area (TPSA) is 29.5 Å². The second kappa shape index (κ2) is 6.12. The van der Waals surface area contributed by atoms with Crippen LogP contribution < -0.4 is 4.74 Å². The highest BCUT2D eigenvalue weighted by Gasteiger charge is 2.48. The van der Waals surface area contributed by atoms with Crippen LogP contribution in [-0.4, -0.2) is 9.94 Å². The van der Waals surface area contributed by atoms with E-state index in [0.29, 0.717) is 12.4 Å². The molecule has 0 saturated heterocycles. The first-order chi connectivity index (χ1) is 9.80. The molecule has 2 aromatic rings. The Morgan fingerprint density at radius 1 is 1.05 bits per heavy atom. The lowest BCUT2D eigenvalue weighted by Crippen LogP contribution is -2.37. The number of benzene rings is 2. The second-order valence-corrected chi connectivity index (χ2v) is 5.86. The molecule has 2 aromatic carbocycles. The normalized spacial score (nSPS) is 14.5. The molecule has 2 rings (SSSR count). The van der Waals surface area contributed by atoms with Gasteiger partial charge in [-0.1, -0.05) is 42.5 Å². The Bertz CT molecular complexity index is 577. The number of rotatable bonds is 5. The predicted molar refractivity (Wildman–Crippen MR) is 80.7 cm³/mol. The molecule has 0 aliphatic carbocycles. The van der Waals surface area contributed by atoms with E-state index in [2.05, 4.69) is 15.9 Å². The van der Waals surface area contributed by atoms with E-state index in [1.165, 1.54) is 12.1 Å². The molecule has 0 fully saturated rings. The summed E-state index contributed by atoms with van der Waals surface area (Å²) in [5.41, 5.74) is -1.16. The van der Waals surface area contributed by atoms with Gasteiger partial charge in [0.2, 0.25) is 0 Å². The van der Waals surface area contributed by atoms with Crippen molar-refractivity contribution in [2.24, 2.45) is 0 Å². The molecule has 21 heavy (non-hydrogen) atoms. The van der Waals surface area contributed by atoms with Gasteiger partial charge in [-0.3, -0.25) is 0 Å². The van der Waals surface area contributed by atoms with Gasteiger partial charge in [-0.2, -0.15) is 8.78 Å². The minimum Gasteiger partial charge on any atom is -0.489 e. The maximum atomic E-state index is 13.3. The fourth-order valence-corrected chi connectivity index (χ4v) is 2.01. The van der Waals surface area contributed by atoms with Gasteiger partial charge in [-0.15, -0.1) is 0 Å². The zero-order chi connectivity index (χ0) is 15.5. The summed E-state index contributed by atoms with van der Waals surface area (Å²) in [5, 5.41) is 9.88. The molecule has 112 valence electrons. The monoisotopic (exact) mass is 356 g/mol. The van der Waals surface area contributed by atoms with Gasteiger partial charge >= 0.3 is 4.83 Å². The minimum atomic E-state index is -3.41. The summed E-state index contributed by atoms with van der Waals surface area (Å²) in [4.78, 5) is -3.41. The molecule has 0 aliphatic rings. The lowest BCUT2D eigenvalue weighted by Gasteiger charge is -2.28. The number of hydrogen-bond donors (Lipinski definition) is 1. The lowest BCUT2D eigenvalue weighted by atomic mass is 9.96. The molecule has 1 N–H and O–H groups in total. The van der Waals surface area contributed by atoms with E-state index in [-0.39, 0.29) is 5.56 Å². The Hall–Kier alpha value is -1.46. The maximum Gasteiger partial charge on any atom is 0.333 e. The number of alkyl halides is 3. The predicted octanol–water partition coefficient (Wildman–Crippen LogP) is 4.46. The van der Waals surface area contributed by atoms with Crippen molar-refractivity contribution in [3.05, 3.63) is 65.7 Å². The molecule has 5 heteroatoms. The highest BCUT2D eigenvalue weighted by molar-refractivity contribution is 9.10. The van der Waals surface area contributed by atoms with E-state index in [0.717, 1.165) is 12.5 Å². The van der Waals surface area contributed by atoms with Gasteiger partial charge in [0.05, 0.1) is 0 Å². The van der Waals surface area contributed by atoms with Crippen molar-refractivity contribution in [3.63, 3.8) is 0 Å². The molecule has 0 saturated carbocycles. The van der Waals surface area contributed by atoms with Crippen LogP contribution >= 0.6 is 15.9 Å². The van der Waals surface area contributed by atoms with Gasteiger partial charge in [-0.25, -0.2) is 0 Å². The lowest BCUT2D eigenvalue weighted by molar-refractivity contribution is -0.109. The number of hydrogen-bond acceptors (Lipinski definition) is 2. The summed E-state index contributed by atoms with van der Waals surface area (Å²) in [7, 11) is 0. The largest absolute Gasteiger partial charge is 0.489 e. The van der Waals surface area contributed by atoms with Crippen LogP contribution in [0.2, 0.25) is 0 Å². The summed E-state index contributed by atoms with van der Waals surface area (Å²) < 4.78 is 32.1. The Balaban J connectivity index is 2.06. The van der Waals surface area contributed by atoms with Crippen LogP contribution in [-0.2, 0) is 12.2 Å². The van der Waals surface area contributed by atoms with Gasteiger partial charge in [0, 0.05) is 0 Å². The van der Waals surface area contributed by atoms with Crippen LogP contribution in [0.5, 0.6) is 5.75 Å². The van der Waals surface area contributed by atoms with Gasteiger partial charge in [0.15, 0.2) is 5.60 Å². The van der Waals surface area contributed by atoms with E-state index in [4.69, 9.17) is 4.74 Å². The van der Waals surface area contributed by atoms with Crippen LogP contribution in [0.15, 0.2) is 54.6 Å². The highest BCUT2D eigenvalue weighted by atomic mass is 79.9. The van der Waals surface area contributed by atoms with Crippen molar-refractivity contribution in [1.82, 2.24) is 0 Å². The van der Waals surface area contributed by atoms with E-state index in [1.54, 1.807) is 12.1 Å². The van der Waals surface area contributed by atoms with Crippen LogP contribution in [0.4, 0.5) is 8.78 Å². The zero-order valence-electron chi connectivity index (χ0n) is 11.4. The molecule has 0 heterocycles. The van der Waals surface area contributed by atoms with Gasteiger partial charge in [0.1, 0.15) is 12.4 Å². The molecular weight excluding hydrogens is 342 g/mol. The summed E-state index contributed by atoms with van der Waals surface area (Å²) in [6.07, 6.45) is 0. The summed E-state index contributed by atoms with van der Waals surface area (Å²) >= 11 is 2.20. The van der Waals surface area contributed by atoms with E-state index >= 15 is 0 Å². The first-order valence-electron chi connectivity index (χ1n) is 6.37. The third kappa shape index (κ3) is 3.80. The minimum absolute atomic E-state index is 0.108. The molecule has 0 aliphatic heterocycles. The summed E-state index contributed by atoms with van der Waals surface area (Å²) in [5.74, 6) is 0.552. The Kier molecular flexibility index (Phi) is 4.64. The van der Waals surface area contributed by atoms with Crippen molar-refractivity contribution in [1.29, 1.82) is 0 Å². The molecule has 1 unspecified atom stereocenters. The van der Waals surface area contributed by atoms with Crippen LogP contribution in [0.3, 0.4) is 0 Å². The molecule has 0 bridgehead atoms. The molecule has 0 radical (unpaired) electrons. The van der Waals surface area contributed by atoms with Crippen molar-refractivity contribution in [3.8, 4) is 5.75 Å². The zero-order valence-corrected chi connectivity index (χ0v) is 13.0. The van der Waals surface area contributed by atoms with Gasteiger partial charge in [-0.05, 0) is 46.1 Å². The summed E-state index contributed by atoms with van der Waals surface area (Å²) in [6, 6.07) is 15.6. The number of ether oxygens (including phenoxy) is 1. The second-order valence-electron chi connectivity index (χ2n) is 4.87. The van der Waals surface area contributed by atoms with Crippen molar-refractivity contribution < 1.29 is 18.6 Å². The molecule has 0 spiro atoms. The standard InChI is InChI=1S/C16H15BrF2O2/c1-15(20,16(17,18)19)13-7-9-14(10-8-13)21-11-12-5-3-2-4-6-12/h2-10,20H,11H2,1H3. The van der Waals surface area contributed by atoms with E-state index < -0.39 is 10.4 Å². The van der Waals surface area contributed by atoms with Crippen LogP contribution in [0.1, 0.15) is 18.1 Å². The average Bonchev–Trinajstić information content (AvgIpc) is 2.45. The van der Waals surface area contributed by atoms with E-state index in [1.807, 2.05) is 30.3 Å². The van der Waals surface area contributed by atoms with Crippen molar-refractivity contribution >= 4 is 15.9 Å². The Morgan fingerprint density at radius 3 is 2.14 bits per heavy atom. The van der Waals surface area contributed by atoms with Gasteiger partial charge in [0.25, 0.3) is 0 Å². The molecular formula is C16H15BrF2O2. The number of aliphatic hydroxyl groups is 1. The highest BCUT2D eigenvalue weighted by Crippen LogP contribution is 2.42. The van der Waals surface area contributed by atoms with Crippen molar-refractivity contribution in [2.75, 3.05) is 0 Å². The molecule has 0 amide bonds. The Labute approximate surface area is 130 Å². The smallest absolute Gasteiger partial charge is 0.333 e. The first-order valence-corrected chi connectivity index (χ1v) is 7.16. The van der Waals surface area contributed by atoms with Crippen molar-refractivity contribution in [2.45, 2.75) is 24.0 Å². The SMILES string of the molecule is CC(O)(c1ccc(OCc2ccccc2)cc1)C(F)(F)Br.